The third-order valence-electron chi connectivity index (χ3n) is 3.92. The molecule has 0 aliphatic carbocycles. The molecule has 26 heavy (non-hydrogen) atoms. The molecule has 1 aromatic carbocycles. The summed E-state index contributed by atoms with van der Waals surface area (Å²) < 4.78 is 37.8. The highest BCUT2D eigenvalue weighted by molar-refractivity contribution is 7.92. The lowest BCUT2D eigenvalue weighted by molar-refractivity contribution is -0.0175. The van der Waals surface area contributed by atoms with Crippen LogP contribution in [0.1, 0.15) is 43.2 Å². The Morgan fingerprint density at radius 2 is 2.00 bits per heavy atom. The molecule has 1 aromatic heterocycles. The van der Waals surface area contributed by atoms with Crippen LogP contribution in [0.5, 0.6) is 0 Å². The van der Waals surface area contributed by atoms with Crippen LogP contribution in [-0.2, 0) is 14.8 Å². The van der Waals surface area contributed by atoms with Gasteiger partial charge in [-0.05, 0) is 23.8 Å². The fourth-order valence-corrected chi connectivity index (χ4v) is 3.74. The maximum atomic E-state index is 12.6. The molecule has 1 unspecified atom stereocenters. The van der Waals surface area contributed by atoms with Crippen LogP contribution in [0.3, 0.4) is 0 Å². The van der Waals surface area contributed by atoms with Crippen molar-refractivity contribution in [1.82, 2.24) is 14.5 Å². The molecule has 2 aromatic rings. The van der Waals surface area contributed by atoms with Crippen LogP contribution in [0.4, 0.5) is 0 Å². The first-order chi connectivity index (χ1) is 12.3. The van der Waals surface area contributed by atoms with Gasteiger partial charge in [-0.3, -0.25) is 0 Å². The smallest absolute Gasteiger partial charge is 0.246 e. The third-order valence-corrected chi connectivity index (χ3v) is 5.70. The number of benzene rings is 1. The van der Waals surface area contributed by atoms with Crippen molar-refractivity contribution in [3.63, 3.8) is 0 Å². The summed E-state index contributed by atoms with van der Waals surface area (Å²) in [6, 6.07) is 6.92. The van der Waals surface area contributed by atoms with Gasteiger partial charge in [0.05, 0.1) is 6.61 Å². The number of hydrogen-bond donors (Lipinski definition) is 0. The topological polar surface area (TPSA) is 85.5 Å². The minimum Gasteiger partial charge on any atom is -0.422 e. The highest BCUT2D eigenvalue weighted by Crippen LogP contribution is 2.25. The first-order valence-corrected chi connectivity index (χ1v) is 10.1. The quantitative estimate of drug-likeness (QED) is 0.770. The monoisotopic (exact) mass is 397 g/mol. The molecule has 140 valence electrons. The summed E-state index contributed by atoms with van der Waals surface area (Å²) in [6.07, 6.45) is 0.974. The maximum absolute atomic E-state index is 12.6. The minimum atomic E-state index is -3.59. The van der Waals surface area contributed by atoms with Crippen LogP contribution in [0.15, 0.2) is 34.1 Å². The molecule has 1 atom stereocenters. The van der Waals surface area contributed by atoms with E-state index in [0.29, 0.717) is 16.8 Å². The van der Waals surface area contributed by atoms with Gasteiger partial charge < -0.3 is 9.15 Å². The summed E-state index contributed by atoms with van der Waals surface area (Å²) in [4.78, 5) is 0. The number of aromatic nitrogens is 2. The van der Waals surface area contributed by atoms with Crippen molar-refractivity contribution >= 4 is 27.7 Å². The molecular formula is C17H20ClN3O4S. The standard InChI is InChI=1S/C17H20ClN3O4S/c1-12(2)16-19-20-17(25-16)15-11-21(8-9-24-15)26(22,23)10-7-13-3-5-14(18)6-4-13/h3-7,10,12,15H,8-9,11H2,1-2H3/b10-7+. The van der Waals surface area contributed by atoms with Crippen molar-refractivity contribution in [2.24, 2.45) is 0 Å². The summed E-state index contributed by atoms with van der Waals surface area (Å²) in [7, 11) is -3.59. The highest BCUT2D eigenvalue weighted by atomic mass is 35.5. The van der Waals surface area contributed by atoms with Crippen LogP contribution in [0, 0.1) is 0 Å². The molecule has 7 nitrogen and oxygen atoms in total. The largest absolute Gasteiger partial charge is 0.422 e. The molecule has 9 heteroatoms. The van der Waals surface area contributed by atoms with E-state index in [1.165, 1.54) is 9.71 Å². The molecule has 0 N–H and O–H groups in total. The molecule has 1 saturated heterocycles. The Morgan fingerprint density at radius 3 is 2.65 bits per heavy atom. The summed E-state index contributed by atoms with van der Waals surface area (Å²) in [6.45, 7) is 4.55. The van der Waals surface area contributed by atoms with Gasteiger partial charge in [0.25, 0.3) is 0 Å². The van der Waals surface area contributed by atoms with Crippen molar-refractivity contribution in [2.45, 2.75) is 25.9 Å². The van der Waals surface area contributed by atoms with Crippen molar-refractivity contribution in [1.29, 1.82) is 0 Å². The number of sulfonamides is 1. The molecule has 1 aliphatic heterocycles. The number of nitrogens with zero attached hydrogens (tertiary/aromatic N) is 3. The van der Waals surface area contributed by atoms with Crippen molar-refractivity contribution < 1.29 is 17.6 Å². The van der Waals surface area contributed by atoms with Gasteiger partial charge in [-0.2, -0.15) is 4.31 Å². The second kappa shape index (κ2) is 7.87. The van der Waals surface area contributed by atoms with E-state index in [1.54, 1.807) is 30.3 Å². The van der Waals surface area contributed by atoms with Gasteiger partial charge in [0, 0.05) is 29.4 Å². The Morgan fingerprint density at radius 1 is 1.27 bits per heavy atom. The second-order valence-corrected chi connectivity index (χ2v) is 8.50. The predicted molar refractivity (Wildman–Crippen MR) is 98.1 cm³/mol. The van der Waals surface area contributed by atoms with Crippen molar-refractivity contribution in [3.8, 4) is 0 Å². The number of rotatable bonds is 5. The Bertz CT molecular complexity index is 878. The molecule has 0 bridgehead atoms. The molecule has 1 fully saturated rings. The van der Waals surface area contributed by atoms with Gasteiger partial charge in [-0.15, -0.1) is 10.2 Å². The number of halogens is 1. The van der Waals surface area contributed by atoms with Gasteiger partial charge in [-0.25, -0.2) is 8.42 Å². The number of ether oxygens (including phenoxy) is 1. The lowest BCUT2D eigenvalue weighted by Gasteiger charge is -2.29. The SMILES string of the molecule is CC(C)c1nnc(C2CN(S(=O)(=O)/C=C/c3ccc(Cl)cc3)CCO2)o1. The van der Waals surface area contributed by atoms with Gasteiger partial charge in [0.15, 0.2) is 0 Å². The van der Waals surface area contributed by atoms with E-state index in [9.17, 15) is 8.42 Å². The summed E-state index contributed by atoms with van der Waals surface area (Å²) >= 11 is 5.83. The van der Waals surface area contributed by atoms with Crippen LogP contribution in [0.25, 0.3) is 6.08 Å². The third kappa shape index (κ3) is 4.50. The van der Waals surface area contributed by atoms with E-state index in [-0.39, 0.29) is 25.6 Å². The van der Waals surface area contributed by atoms with Crippen molar-refractivity contribution in [3.05, 3.63) is 52.0 Å². The maximum Gasteiger partial charge on any atom is 0.246 e. The second-order valence-electron chi connectivity index (χ2n) is 6.25. The number of morpholine rings is 1. The summed E-state index contributed by atoms with van der Waals surface area (Å²) in [5, 5.41) is 9.74. The van der Waals surface area contributed by atoms with E-state index in [2.05, 4.69) is 10.2 Å². The summed E-state index contributed by atoms with van der Waals surface area (Å²) in [5.41, 5.74) is 0.751. The Kier molecular flexibility index (Phi) is 5.76. The average Bonchev–Trinajstić information content (AvgIpc) is 3.12. The van der Waals surface area contributed by atoms with Crippen LogP contribution in [-0.4, -0.2) is 42.6 Å². The molecule has 1 aliphatic rings. The lowest BCUT2D eigenvalue weighted by atomic mass is 10.2. The molecule has 0 saturated carbocycles. The predicted octanol–water partition coefficient (Wildman–Crippen LogP) is 3.22. The zero-order chi connectivity index (χ0) is 18.7. The van der Waals surface area contributed by atoms with Gasteiger partial charge >= 0.3 is 0 Å². The first kappa shape index (κ1) is 19.0. The van der Waals surface area contributed by atoms with E-state index < -0.39 is 16.1 Å². The van der Waals surface area contributed by atoms with Crippen LogP contribution in [0.2, 0.25) is 5.02 Å². The van der Waals surface area contributed by atoms with Gasteiger partial charge in [0.1, 0.15) is 6.10 Å². The van der Waals surface area contributed by atoms with Gasteiger partial charge in [-0.1, -0.05) is 37.6 Å². The Hall–Kier alpha value is -1.74. The van der Waals surface area contributed by atoms with E-state index in [0.717, 1.165) is 5.56 Å². The Balaban J connectivity index is 1.72. The molecule has 3 rings (SSSR count). The van der Waals surface area contributed by atoms with E-state index >= 15 is 0 Å². The molecule has 0 spiro atoms. The fraction of sp³-hybridized carbons (Fsp3) is 0.412. The summed E-state index contributed by atoms with van der Waals surface area (Å²) in [5.74, 6) is 0.906. The molecule has 0 amide bonds. The van der Waals surface area contributed by atoms with Crippen LogP contribution >= 0.6 is 11.6 Å². The molecule has 2 heterocycles. The minimum absolute atomic E-state index is 0.0991. The lowest BCUT2D eigenvalue weighted by Crippen LogP contribution is -2.41. The zero-order valence-electron chi connectivity index (χ0n) is 14.5. The zero-order valence-corrected chi connectivity index (χ0v) is 16.1. The van der Waals surface area contributed by atoms with Crippen LogP contribution < -0.4 is 0 Å². The highest BCUT2D eigenvalue weighted by Gasteiger charge is 2.32. The van der Waals surface area contributed by atoms with Gasteiger partial charge in [0.2, 0.25) is 21.8 Å². The average molecular weight is 398 g/mol. The molecular weight excluding hydrogens is 378 g/mol. The fourth-order valence-electron chi connectivity index (χ4n) is 2.44. The first-order valence-electron chi connectivity index (χ1n) is 8.24. The molecule has 0 radical (unpaired) electrons. The van der Waals surface area contributed by atoms with E-state index in [4.69, 9.17) is 20.8 Å². The van der Waals surface area contributed by atoms with E-state index in [1.807, 2.05) is 13.8 Å². The number of hydrogen-bond acceptors (Lipinski definition) is 6. The van der Waals surface area contributed by atoms with Crippen molar-refractivity contribution in [2.75, 3.05) is 19.7 Å². The normalized spacial score (nSPS) is 19.5. The Labute approximate surface area is 157 Å².